The van der Waals surface area contributed by atoms with Crippen LogP contribution in [0.3, 0.4) is 0 Å². The molecule has 5 rings (SSSR count). The van der Waals surface area contributed by atoms with Gasteiger partial charge in [-0.25, -0.2) is 9.36 Å². The molecule has 9 heteroatoms. The summed E-state index contributed by atoms with van der Waals surface area (Å²) in [6.45, 7) is 6.33. The van der Waals surface area contributed by atoms with Gasteiger partial charge in [0.25, 0.3) is 5.56 Å². The summed E-state index contributed by atoms with van der Waals surface area (Å²) >= 11 is 0. The Hall–Kier alpha value is -4.14. The predicted octanol–water partition coefficient (Wildman–Crippen LogP) is 2.85. The lowest BCUT2D eigenvalue weighted by atomic mass is 10.1. The van der Waals surface area contributed by atoms with Crippen molar-refractivity contribution in [3.05, 3.63) is 75.8 Å². The lowest BCUT2D eigenvalue weighted by molar-refractivity contribution is -0.122. The smallest absolute Gasteiger partial charge is 0.278 e. The van der Waals surface area contributed by atoms with Crippen LogP contribution in [0.25, 0.3) is 16.6 Å². The fraction of sp³-hybridized carbons (Fsp3) is 0.280. The molecule has 0 spiro atoms. The first kappa shape index (κ1) is 21.7. The monoisotopic (exact) mass is 459 g/mol. The van der Waals surface area contributed by atoms with Crippen LogP contribution in [-0.2, 0) is 11.3 Å². The van der Waals surface area contributed by atoms with E-state index in [1.807, 2.05) is 62.4 Å². The van der Waals surface area contributed by atoms with Gasteiger partial charge in [0.2, 0.25) is 5.91 Å². The summed E-state index contributed by atoms with van der Waals surface area (Å²) in [6, 6.07) is 14.9. The fourth-order valence-corrected chi connectivity index (χ4v) is 4.18. The van der Waals surface area contributed by atoms with E-state index in [4.69, 9.17) is 9.47 Å². The molecule has 1 N–H and O–H groups in total. The van der Waals surface area contributed by atoms with Gasteiger partial charge >= 0.3 is 0 Å². The number of ether oxygens (including phenoxy) is 2. The van der Waals surface area contributed by atoms with Crippen LogP contribution in [0.4, 0.5) is 0 Å². The minimum absolute atomic E-state index is 0.194. The van der Waals surface area contributed by atoms with Crippen molar-refractivity contribution in [3.63, 3.8) is 0 Å². The zero-order chi connectivity index (χ0) is 23.8. The van der Waals surface area contributed by atoms with Gasteiger partial charge in [-0.05, 0) is 50.6 Å². The lowest BCUT2D eigenvalue weighted by Crippen LogP contribution is -2.35. The Bertz CT molecular complexity index is 1440. The van der Waals surface area contributed by atoms with Crippen LogP contribution in [0.15, 0.2) is 53.3 Å². The van der Waals surface area contributed by atoms with Crippen molar-refractivity contribution < 1.29 is 14.3 Å². The minimum Gasteiger partial charge on any atom is -0.486 e. The Kier molecular flexibility index (Phi) is 5.53. The lowest BCUT2D eigenvalue weighted by Gasteiger charge is -2.21. The van der Waals surface area contributed by atoms with Gasteiger partial charge in [0.05, 0.1) is 28.5 Å². The number of nitrogens with one attached hydrogen (secondary N) is 1. The first-order valence-electron chi connectivity index (χ1n) is 11.1. The topological polar surface area (TPSA) is 100 Å². The molecule has 34 heavy (non-hydrogen) atoms. The number of rotatable bonds is 5. The maximum Gasteiger partial charge on any atom is 0.278 e. The van der Waals surface area contributed by atoms with Crippen molar-refractivity contribution in [1.82, 2.24) is 24.9 Å². The van der Waals surface area contributed by atoms with Crippen LogP contribution in [0.2, 0.25) is 0 Å². The second kappa shape index (κ2) is 8.66. The van der Waals surface area contributed by atoms with Crippen molar-refractivity contribution in [2.45, 2.75) is 33.4 Å². The molecule has 0 bridgehead atoms. The predicted molar refractivity (Wildman–Crippen MR) is 127 cm³/mol. The molecule has 2 aromatic heterocycles. The number of aryl methyl sites for hydroxylation is 2. The van der Waals surface area contributed by atoms with Gasteiger partial charge in [0, 0.05) is 0 Å². The first-order valence-corrected chi connectivity index (χ1v) is 11.1. The molecule has 1 aliphatic rings. The molecule has 0 aliphatic carbocycles. The first-order chi connectivity index (χ1) is 16.4. The van der Waals surface area contributed by atoms with Crippen molar-refractivity contribution >= 4 is 16.8 Å². The maximum atomic E-state index is 13.2. The van der Waals surface area contributed by atoms with E-state index in [2.05, 4.69) is 15.5 Å². The average molecular weight is 460 g/mol. The van der Waals surface area contributed by atoms with Crippen LogP contribution in [0.5, 0.6) is 11.5 Å². The molecule has 0 fully saturated rings. The number of carbonyl (C=O) groups is 1. The van der Waals surface area contributed by atoms with Crippen molar-refractivity contribution in [2.75, 3.05) is 13.2 Å². The number of para-hydroxylation sites is 1. The molecular formula is C25H25N5O4. The SMILES string of the molecule is Cc1nn(CC(=O)NC(C)c2ccc3c(c2)OCCO3)c(=O)c2c(C)n(-c3ccccc3)nc12. The van der Waals surface area contributed by atoms with E-state index in [1.165, 1.54) is 4.68 Å². The Balaban J connectivity index is 1.39. The zero-order valence-electron chi connectivity index (χ0n) is 19.2. The van der Waals surface area contributed by atoms with Crippen LogP contribution < -0.4 is 20.3 Å². The molecule has 1 unspecified atom stereocenters. The van der Waals surface area contributed by atoms with E-state index >= 15 is 0 Å². The van der Waals surface area contributed by atoms with Gasteiger partial charge in [-0.3, -0.25) is 9.59 Å². The summed E-state index contributed by atoms with van der Waals surface area (Å²) in [6.07, 6.45) is 0. The molecule has 1 atom stereocenters. The molecule has 1 amide bonds. The number of nitrogens with zero attached hydrogens (tertiary/aromatic N) is 4. The molecule has 0 radical (unpaired) electrons. The van der Waals surface area contributed by atoms with E-state index in [-0.39, 0.29) is 24.1 Å². The third-order valence-corrected chi connectivity index (χ3v) is 5.92. The highest BCUT2D eigenvalue weighted by Gasteiger charge is 2.20. The van der Waals surface area contributed by atoms with E-state index < -0.39 is 0 Å². The van der Waals surface area contributed by atoms with E-state index in [0.29, 0.717) is 47.0 Å². The van der Waals surface area contributed by atoms with Gasteiger partial charge in [-0.2, -0.15) is 10.2 Å². The molecule has 2 aromatic carbocycles. The van der Waals surface area contributed by atoms with Gasteiger partial charge in [-0.15, -0.1) is 0 Å². The van der Waals surface area contributed by atoms with Gasteiger partial charge in [-0.1, -0.05) is 24.3 Å². The Morgan fingerprint density at radius 1 is 1.06 bits per heavy atom. The second-order valence-corrected chi connectivity index (χ2v) is 8.30. The number of hydrogen-bond donors (Lipinski definition) is 1. The zero-order valence-corrected chi connectivity index (χ0v) is 19.2. The number of fused-ring (bicyclic) bond motifs is 2. The van der Waals surface area contributed by atoms with Gasteiger partial charge < -0.3 is 14.8 Å². The number of benzene rings is 2. The third kappa shape index (κ3) is 3.89. The van der Waals surface area contributed by atoms with Crippen molar-refractivity contribution in [2.24, 2.45) is 0 Å². The molecule has 0 saturated heterocycles. The molecule has 4 aromatic rings. The fourth-order valence-electron chi connectivity index (χ4n) is 4.18. The average Bonchev–Trinajstić information content (AvgIpc) is 3.20. The molecule has 174 valence electrons. The van der Waals surface area contributed by atoms with Crippen molar-refractivity contribution in [3.8, 4) is 17.2 Å². The van der Waals surface area contributed by atoms with E-state index in [1.54, 1.807) is 11.6 Å². The Morgan fingerprint density at radius 3 is 2.56 bits per heavy atom. The highest BCUT2D eigenvalue weighted by Crippen LogP contribution is 2.32. The van der Waals surface area contributed by atoms with Gasteiger partial charge in [0.1, 0.15) is 25.3 Å². The molecule has 0 saturated carbocycles. The molecule has 3 heterocycles. The largest absolute Gasteiger partial charge is 0.486 e. The summed E-state index contributed by atoms with van der Waals surface area (Å²) in [5, 5.41) is 12.4. The normalized spacial score (nSPS) is 13.6. The summed E-state index contributed by atoms with van der Waals surface area (Å²) in [7, 11) is 0. The third-order valence-electron chi connectivity index (χ3n) is 5.92. The van der Waals surface area contributed by atoms with Crippen molar-refractivity contribution in [1.29, 1.82) is 0 Å². The Morgan fingerprint density at radius 2 is 1.79 bits per heavy atom. The molecule has 9 nitrogen and oxygen atoms in total. The number of carbonyl (C=O) groups excluding carboxylic acids is 1. The number of aromatic nitrogens is 4. The quantitative estimate of drug-likeness (QED) is 0.493. The summed E-state index contributed by atoms with van der Waals surface area (Å²) in [5.74, 6) is 1.04. The number of amides is 1. The summed E-state index contributed by atoms with van der Waals surface area (Å²) in [5.41, 5.74) is 3.21. The van der Waals surface area contributed by atoms with Crippen LogP contribution in [0.1, 0.15) is 29.9 Å². The standard InChI is InChI=1S/C25H25N5O4/c1-15(18-9-10-20-21(13-18)34-12-11-33-20)26-22(31)14-29-25(32)23-17(3)30(19-7-5-4-6-8-19)28-24(23)16(2)27-29/h4-10,13,15H,11-12,14H2,1-3H3,(H,26,31). The van der Waals surface area contributed by atoms with E-state index in [9.17, 15) is 9.59 Å². The highest BCUT2D eigenvalue weighted by atomic mass is 16.6. The number of hydrogen-bond acceptors (Lipinski definition) is 6. The minimum atomic E-state index is -0.345. The summed E-state index contributed by atoms with van der Waals surface area (Å²) in [4.78, 5) is 26.0. The maximum absolute atomic E-state index is 13.2. The molecular weight excluding hydrogens is 434 g/mol. The Labute approximate surface area is 195 Å². The van der Waals surface area contributed by atoms with Gasteiger partial charge in [0.15, 0.2) is 11.5 Å². The molecule has 1 aliphatic heterocycles. The van der Waals surface area contributed by atoms with E-state index in [0.717, 1.165) is 11.3 Å². The highest BCUT2D eigenvalue weighted by molar-refractivity contribution is 5.83. The second-order valence-electron chi connectivity index (χ2n) is 8.30. The summed E-state index contributed by atoms with van der Waals surface area (Å²) < 4.78 is 14.1. The van der Waals surface area contributed by atoms with Crippen LogP contribution in [-0.4, -0.2) is 38.7 Å². The van der Waals surface area contributed by atoms with Crippen LogP contribution in [0, 0.1) is 13.8 Å². The van der Waals surface area contributed by atoms with Crippen LogP contribution >= 0.6 is 0 Å².